The van der Waals surface area contributed by atoms with Crippen LogP contribution in [0.3, 0.4) is 0 Å². The van der Waals surface area contributed by atoms with Crippen molar-refractivity contribution in [3.8, 4) is 0 Å². The molecule has 0 unspecified atom stereocenters. The van der Waals surface area contributed by atoms with Crippen molar-refractivity contribution in [1.29, 1.82) is 0 Å². The molecule has 0 aliphatic carbocycles. The molecule has 10 heavy (non-hydrogen) atoms. The van der Waals surface area contributed by atoms with Gasteiger partial charge in [0.25, 0.3) is 0 Å². The van der Waals surface area contributed by atoms with Gasteiger partial charge in [0.15, 0.2) is 0 Å². The Morgan fingerprint density at radius 1 is 1.60 bits per heavy atom. The molecule has 0 aliphatic heterocycles. The second-order valence-electron chi connectivity index (χ2n) is 1.63. The fraction of sp³-hybridized carbons (Fsp3) is 0.600. The van der Waals surface area contributed by atoms with E-state index in [0.717, 1.165) is 0 Å². The lowest BCUT2D eigenvalue weighted by Gasteiger charge is -2.00. The van der Waals surface area contributed by atoms with Crippen LogP contribution >= 0.6 is 0 Å². The molecule has 0 aromatic carbocycles. The molecular weight excluding hydrogens is 136 g/mol. The van der Waals surface area contributed by atoms with E-state index in [1.165, 1.54) is 6.92 Å². The SMILES string of the molecule is CC(=O)OCCNC(N)=O. The summed E-state index contributed by atoms with van der Waals surface area (Å²) in [6, 6.07) is -0.618. The lowest BCUT2D eigenvalue weighted by molar-refractivity contribution is -0.140. The molecule has 0 saturated heterocycles. The van der Waals surface area contributed by atoms with Crippen molar-refractivity contribution in [2.45, 2.75) is 6.92 Å². The summed E-state index contributed by atoms with van der Waals surface area (Å²) in [5, 5.41) is 2.26. The number of carbonyl (C=O) groups is 2. The van der Waals surface area contributed by atoms with Gasteiger partial charge in [-0.15, -0.1) is 0 Å². The van der Waals surface area contributed by atoms with Crippen LogP contribution in [0.1, 0.15) is 6.92 Å². The van der Waals surface area contributed by atoms with Crippen LogP contribution in [0.4, 0.5) is 4.79 Å². The van der Waals surface area contributed by atoms with Gasteiger partial charge in [-0.1, -0.05) is 0 Å². The number of nitrogens with one attached hydrogen (secondary N) is 1. The fourth-order valence-electron chi connectivity index (χ4n) is 0.369. The summed E-state index contributed by atoms with van der Waals surface area (Å²) < 4.78 is 4.48. The minimum atomic E-state index is -0.618. The highest BCUT2D eigenvalue weighted by atomic mass is 16.5. The molecule has 58 valence electrons. The second-order valence-corrected chi connectivity index (χ2v) is 1.63. The minimum absolute atomic E-state index is 0.165. The van der Waals surface area contributed by atoms with E-state index < -0.39 is 6.03 Å². The van der Waals surface area contributed by atoms with Crippen molar-refractivity contribution in [1.82, 2.24) is 5.32 Å². The largest absolute Gasteiger partial charge is 0.464 e. The maximum absolute atomic E-state index is 10.1. The third-order valence-corrected chi connectivity index (χ3v) is 0.707. The Morgan fingerprint density at radius 3 is 2.60 bits per heavy atom. The van der Waals surface area contributed by atoms with Gasteiger partial charge in [0.05, 0.1) is 6.54 Å². The van der Waals surface area contributed by atoms with E-state index >= 15 is 0 Å². The highest BCUT2D eigenvalue weighted by Gasteiger charge is 1.92. The van der Waals surface area contributed by atoms with Gasteiger partial charge < -0.3 is 15.8 Å². The van der Waals surface area contributed by atoms with Gasteiger partial charge in [-0.25, -0.2) is 4.79 Å². The molecule has 0 aromatic rings. The van der Waals surface area contributed by atoms with Crippen LogP contribution in [0.2, 0.25) is 0 Å². The number of urea groups is 1. The Labute approximate surface area is 58.5 Å². The molecule has 2 amide bonds. The average Bonchev–Trinajstić information content (AvgIpc) is 1.79. The Kier molecular flexibility index (Phi) is 4.02. The highest BCUT2D eigenvalue weighted by molar-refractivity contribution is 5.71. The lowest BCUT2D eigenvalue weighted by atomic mass is 10.7. The van der Waals surface area contributed by atoms with Gasteiger partial charge in [-0.05, 0) is 0 Å². The van der Waals surface area contributed by atoms with Gasteiger partial charge in [0, 0.05) is 6.92 Å². The lowest BCUT2D eigenvalue weighted by Crippen LogP contribution is -2.32. The zero-order valence-electron chi connectivity index (χ0n) is 5.72. The molecule has 0 fully saturated rings. The number of ether oxygens (including phenoxy) is 1. The van der Waals surface area contributed by atoms with E-state index in [0.29, 0.717) is 0 Å². The number of rotatable bonds is 3. The highest BCUT2D eigenvalue weighted by Crippen LogP contribution is 1.72. The molecule has 0 aromatic heterocycles. The van der Waals surface area contributed by atoms with Crippen LogP contribution in [0.15, 0.2) is 0 Å². The predicted octanol–water partition coefficient (Wildman–Crippen LogP) is -0.782. The van der Waals surface area contributed by atoms with Crippen molar-refractivity contribution < 1.29 is 14.3 Å². The van der Waals surface area contributed by atoms with Crippen LogP contribution in [-0.2, 0) is 9.53 Å². The first-order valence-corrected chi connectivity index (χ1v) is 2.79. The minimum Gasteiger partial charge on any atom is -0.464 e. The molecule has 0 rings (SSSR count). The quantitative estimate of drug-likeness (QED) is 0.404. The third kappa shape index (κ3) is 6.74. The number of hydrogen-bond donors (Lipinski definition) is 2. The van der Waals surface area contributed by atoms with Crippen LogP contribution in [-0.4, -0.2) is 25.2 Å². The standard InChI is InChI=1S/C5H10N2O3/c1-4(8)10-3-2-7-5(6)9/h2-3H2,1H3,(H3,6,7,9). The number of carbonyl (C=O) groups excluding carboxylic acids is 2. The summed E-state index contributed by atoms with van der Waals surface area (Å²) in [6.45, 7) is 1.72. The predicted molar refractivity (Wildman–Crippen MR) is 34.2 cm³/mol. The molecule has 0 radical (unpaired) electrons. The summed E-state index contributed by atoms with van der Waals surface area (Å²) in [7, 11) is 0. The number of esters is 1. The Balaban J connectivity index is 3.06. The van der Waals surface area contributed by atoms with Crippen LogP contribution in [0.5, 0.6) is 0 Å². The Hall–Kier alpha value is -1.26. The summed E-state index contributed by atoms with van der Waals surface area (Å²) >= 11 is 0. The number of primary amides is 1. The Morgan fingerprint density at radius 2 is 2.20 bits per heavy atom. The summed E-state index contributed by atoms with van der Waals surface area (Å²) in [6.07, 6.45) is 0. The number of nitrogens with two attached hydrogens (primary N) is 1. The average molecular weight is 146 g/mol. The van der Waals surface area contributed by atoms with E-state index in [1.807, 2.05) is 0 Å². The molecule has 0 bridgehead atoms. The molecule has 3 N–H and O–H groups in total. The van der Waals surface area contributed by atoms with Crippen molar-refractivity contribution in [3.63, 3.8) is 0 Å². The van der Waals surface area contributed by atoms with Crippen molar-refractivity contribution in [2.24, 2.45) is 5.73 Å². The third-order valence-electron chi connectivity index (χ3n) is 0.707. The molecule has 5 nitrogen and oxygen atoms in total. The maximum atomic E-state index is 10.1. The molecule has 0 heterocycles. The first kappa shape index (κ1) is 8.74. The normalized spacial score (nSPS) is 8.50. The smallest absolute Gasteiger partial charge is 0.312 e. The zero-order chi connectivity index (χ0) is 7.98. The van der Waals surface area contributed by atoms with Crippen molar-refractivity contribution >= 4 is 12.0 Å². The van der Waals surface area contributed by atoms with E-state index in [1.54, 1.807) is 0 Å². The van der Waals surface area contributed by atoms with E-state index in [2.05, 4.69) is 10.1 Å². The van der Waals surface area contributed by atoms with E-state index in [4.69, 9.17) is 5.73 Å². The van der Waals surface area contributed by atoms with Gasteiger partial charge >= 0.3 is 12.0 Å². The van der Waals surface area contributed by atoms with Crippen LogP contribution in [0.25, 0.3) is 0 Å². The zero-order valence-corrected chi connectivity index (χ0v) is 5.72. The number of hydrogen-bond acceptors (Lipinski definition) is 3. The van der Waals surface area contributed by atoms with Crippen molar-refractivity contribution in [3.05, 3.63) is 0 Å². The van der Waals surface area contributed by atoms with E-state index in [9.17, 15) is 9.59 Å². The second kappa shape index (κ2) is 4.60. The van der Waals surface area contributed by atoms with Gasteiger partial charge in [-0.3, -0.25) is 4.79 Å². The molecular formula is C5H10N2O3. The van der Waals surface area contributed by atoms with Crippen LogP contribution in [0, 0.1) is 0 Å². The molecule has 0 saturated carbocycles. The first-order chi connectivity index (χ1) is 4.63. The summed E-state index contributed by atoms with van der Waals surface area (Å²) in [5.41, 5.74) is 4.72. The molecule has 0 aliphatic rings. The van der Waals surface area contributed by atoms with Gasteiger partial charge in [0.2, 0.25) is 0 Å². The summed E-state index contributed by atoms with van der Waals surface area (Å²) in [5.74, 6) is -0.369. The first-order valence-electron chi connectivity index (χ1n) is 2.79. The van der Waals surface area contributed by atoms with Crippen LogP contribution < -0.4 is 11.1 Å². The summed E-state index contributed by atoms with van der Waals surface area (Å²) in [4.78, 5) is 20.1. The molecule has 0 atom stereocenters. The molecule has 5 heteroatoms. The topological polar surface area (TPSA) is 81.4 Å². The maximum Gasteiger partial charge on any atom is 0.312 e. The van der Waals surface area contributed by atoms with Gasteiger partial charge in [-0.2, -0.15) is 0 Å². The Bertz CT molecular complexity index is 119. The van der Waals surface area contributed by atoms with Crippen molar-refractivity contribution in [2.75, 3.05) is 13.2 Å². The molecule has 0 spiro atoms. The van der Waals surface area contributed by atoms with Gasteiger partial charge in [0.1, 0.15) is 6.61 Å². The number of amides is 2. The fourth-order valence-corrected chi connectivity index (χ4v) is 0.369. The monoisotopic (exact) mass is 146 g/mol. The van der Waals surface area contributed by atoms with E-state index in [-0.39, 0.29) is 19.1 Å².